The third-order valence-corrected chi connectivity index (χ3v) is 8.84. The zero-order valence-electron chi connectivity index (χ0n) is 30.7. The standard InChI is InChI=1S/C34H62N6O8/c1-11-20(4)27-32(46)37-23(17-35)29(43)39-28(22(6)41)31(45)36-18-26(42)48-25(14-12-13-15-34(7,8)9)21(5)33(47)40(10)24(16-19(2)3)30(44)38-27/h19-25,27-28,41H,11-18,35H2,1-10H3,(H,36,45)(H,37,46)(H,38,44)(H,39,43)/t20?,21-,22?,23+,24+,25-,27+,28+/m1/s1. The molecule has 0 aromatic rings. The van der Waals surface area contributed by atoms with E-state index in [9.17, 15) is 33.9 Å². The first kappa shape index (κ1) is 42.8. The van der Waals surface area contributed by atoms with Crippen LogP contribution < -0.4 is 27.0 Å². The van der Waals surface area contributed by atoms with Crippen molar-refractivity contribution < 1.29 is 38.6 Å². The molecule has 8 atom stereocenters. The van der Waals surface area contributed by atoms with Crippen LogP contribution in [0.2, 0.25) is 0 Å². The topological polar surface area (TPSA) is 209 Å². The number of nitrogens with zero attached hydrogens (tertiary/aromatic N) is 1. The summed E-state index contributed by atoms with van der Waals surface area (Å²) in [7, 11) is 1.52. The fourth-order valence-electron chi connectivity index (χ4n) is 5.52. The number of nitrogens with two attached hydrogens (primary N) is 1. The molecule has 1 saturated heterocycles. The molecule has 1 aliphatic heterocycles. The Hall–Kier alpha value is -3.26. The van der Waals surface area contributed by atoms with E-state index in [2.05, 4.69) is 42.0 Å². The third-order valence-electron chi connectivity index (χ3n) is 8.84. The average molecular weight is 683 g/mol. The highest BCUT2D eigenvalue weighted by Gasteiger charge is 2.38. The number of aliphatic hydroxyl groups is 1. The second-order valence-electron chi connectivity index (χ2n) is 14.8. The summed E-state index contributed by atoms with van der Waals surface area (Å²) in [6.07, 6.45) is 1.38. The fraction of sp³-hybridized carbons (Fsp3) is 0.824. The Kier molecular flexibility index (Phi) is 17.5. The summed E-state index contributed by atoms with van der Waals surface area (Å²) in [6.45, 7) is 15.9. The number of cyclic esters (lactones) is 1. The van der Waals surface area contributed by atoms with Crippen molar-refractivity contribution in [3.63, 3.8) is 0 Å². The van der Waals surface area contributed by atoms with Crippen molar-refractivity contribution in [3.05, 3.63) is 0 Å². The molecule has 2 unspecified atom stereocenters. The van der Waals surface area contributed by atoms with Gasteiger partial charge in [-0.15, -0.1) is 0 Å². The van der Waals surface area contributed by atoms with Gasteiger partial charge >= 0.3 is 5.97 Å². The largest absolute Gasteiger partial charge is 0.460 e. The second-order valence-corrected chi connectivity index (χ2v) is 14.8. The summed E-state index contributed by atoms with van der Waals surface area (Å²) in [6, 6.07) is -4.81. The van der Waals surface area contributed by atoms with Crippen molar-refractivity contribution in [1.29, 1.82) is 0 Å². The van der Waals surface area contributed by atoms with Crippen LogP contribution in [0.15, 0.2) is 0 Å². The number of carbonyl (C=O) groups is 6. The number of hydrogen-bond donors (Lipinski definition) is 6. The predicted octanol–water partition coefficient (Wildman–Crippen LogP) is 0.984. The predicted molar refractivity (Wildman–Crippen MR) is 182 cm³/mol. The molecule has 0 aliphatic carbocycles. The minimum absolute atomic E-state index is 0.00519. The zero-order valence-corrected chi connectivity index (χ0v) is 30.7. The lowest BCUT2D eigenvalue weighted by atomic mass is 9.88. The van der Waals surface area contributed by atoms with Gasteiger partial charge in [-0.1, -0.05) is 68.2 Å². The van der Waals surface area contributed by atoms with E-state index in [1.165, 1.54) is 18.9 Å². The van der Waals surface area contributed by atoms with Gasteiger partial charge in [-0.25, -0.2) is 0 Å². The number of rotatable bonds is 10. The number of ether oxygens (including phenoxy) is 1. The fourth-order valence-corrected chi connectivity index (χ4v) is 5.52. The number of likely N-dealkylation sites (N-methyl/N-ethyl adjacent to an activating group) is 1. The smallest absolute Gasteiger partial charge is 0.325 e. The summed E-state index contributed by atoms with van der Waals surface area (Å²) in [5.74, 6) is -5.32. The number of hydrogen-bond acceptors (Lipinski definition) is 9. The first-order chi connectivity index (χ1) is 22.2. The average Bonchev–Trinajstić information content (AvgIpc) is 3.00. The van der Waals surface area contributed by atoms with Crippen LogP contribution in [0.5, 0.6) is 0 Å². The highest BCUT2D eigenvalue weighted by Crippen LogP contribution is 2.25. The molecule has 7 N–H and O–H groups in total. The van der Waals surface area contributed by atoms with Crippen molar-refractivity contribution in [1.82, 2.24) is 26.2 Å². The van der Waals surface area contributed by atoms with Gasteiger partial charge < -0.3 is 41.7 Å². The quantitative estimate of drug-likeness (QED) is 0.143. The maximum absolute atomic E-state index is 14.0. The normalized spacial score (nSPS) is 27.5. The SMILES string of the molecule is CCC(C)[C@@H]1NC(=O)[C@H](CC(C)C)N(C)C(=O)[C@H](C)[C@@H](CCCCC(C)(C)C)OC(=O)CNC(=O)[C@H](C(C)O)NC(=O)[C@H](CN)NC1=O. The summed E-state index contributed by atoms with van der Waals surface area (Å²) < 4.78 is 5.78. The van der Waals surface area contributed by atoms with Crippen LogP contribution in [-0.4, -0.2) is 102 Å². The molecule has 1 heterocycles. The van der Waals surface area contributed by atoms with E-state index in [0.717, 1.165) is 12.8 Å². The van der Waals surface area contributed by atoms with Crippen LogP contribution >= 0.6 is 0 Å². The molecule has 276 valence electrons. The second kappa shape index (κ2) is 19.7. The summed E-state index contributed by atoms with van der Waals surface area (Å²) in [5.41, 5.74) is 5.92. The maximum Gasteiger partial charge on any atom is 0.325 e. The molecule has 14 nitrogen and oxygen atoms in total. The minimum Gasteiger partial charge on any atom is -0.460 e. The summed E-state index contributed by atoms with van der Waals surface area (Å²) in [4.78, 5) is 82.0. The number of esters is 1. The van der Waals surface area contributed by atoms with E-state index in [0.29, 0.717) is 25.7 Å². The van der Waals surface area contributed by atoms with E-state index in [1.54, 1.807) is 13.8 Å². The lowest BCUT2D eigenvalue weighted by Crippen LogP contribution is -2.62. The molecule has 1 fully saturated rings. The van der Waals surface area contributed by atoms with Gasteiger partial charge in [-0.2, -0.15) is 0 Å². The summed E-state index contributed by atoms with van der Waals surface area (Å²) in [5, 5.41) is 20.5. The Balaban J connectivity index is 3.62. The monoisotopic (exact) mass is 682 g/mol. The Labute approximate surface area is 286 Å². The van der Waals surface area contributed by atoms with Crippen LogP contribution in [0.25, 0.3) is 0 Å². The lowest BCUT2D eigenvalue weighted by Gasteiger charge is -2.34. The Morgan fingerprint density at radius 2 is 1.52 bits per heavy atom. The van der Waals surface area contributed by atoms with Crippen LogP contribution in [0.3, 0.4) is 0 Å². The van der Waals surface area contributed by atoms with Crippen molar-refractivity contribution >= 4 is 35.5 Å². The molecule has 0 saturated carbocycles. The van der Waals surface area contributed by atoms with Gasteiger partial charge in [0.2, 0.25) is 29.5 Å². The van der Waals surface area contributed by atoms with Crippen LogP contribution in [0.1, 0.15) is 101 Å². The van der Waals surface area contributed by atoms with E-state index in [-0.39, 0.29) is 23.8 Å². The molecule has 48 heavy (non-hydrogen) atoms. The Bertz CT molecular complexity index is 1110. The lowest BCUT2D eigenvalue weighted by molar-refractivity contribution is -0.157. The molecule has 0 radical (unpaired) electrons. The number of carbonyl (C=O) groups excluding carboxylic acids is 6. The number of nitrogens with one attached hydrogen (secondary N) is 4. The number of unbranched alkanes of at least 4 members (excludes halogenated alkanes) is 1. The third kappa shape index (κ3) is 13.7. The van der Waals surface area contributed by atoms with Gasteiger partial charge in [0, 0.05) is 13.6 Å². The van der Waals surface area contributed by atoms with Gasteiger partial charge in [0.25, 0.3) is 0 Å². The molecule has 1 aliphatic rings. The van der Waals surface area contributed by atoms with Crippen molar-refractivity contribution in [2.24, 2.45) is 28.9 Å². The van der Waals surface area contributed by atoms with E-state index in [1.807, 2.05) is 20.8 Å². The minimum atomic E-state index is -1.48. The van der Waals surface area contributed by atoms with Gasteiger partial charge in [0.05, 0.1) is 12.0 Å². The van der Waals surface area contributed by atoms with Crippen molar-refractivity contribution in [2.75, 3.05) is 20.1 Å². The molecule has 0 aromatic carbocycles. The van der Waals surface area contributed by atoms with E-state index >= 15 is 0 Å². The molecular formula is C34H62N6O8. The number of amides is 5. The van der Waals surface area contributed by atoms with Gasteiger partial charge in [-0.05, 0) is 49.9 Å². The maximum atomic E-state index is 14.0. The first-order valence-corrected chi connectivity index (χ1v) is 17.3. The molecule has 5 amide bonds. The number of aliphatic hydroxyl groups excluding tert-OH is 1. The molecule has 0 spiro atoms. The molecule has 0 aromatic heterocycles. The van der Waals surface area contributed by atoms with Crippen LogP contribution in [0.4, 0.5) is 0 Å². The van der Waals surface area contributed by atoms with Gasteiger partial charge in [0.15, 0.2) is 0 Å². The zero-order chi connectivity index (χ0) is 36.9. The van der Waals surface area contributed by atoms with Gasteiger partial charge in [0.1, 0.15) is 36.8 Å². The first-order valence-electron chi connectivity index (χ1n) is 17.3. The molecule has 0 bridgehead atoms. The van der Waals surface area contributed by atoms with Crippen LogP contribution in [0, 0.1) is 23.2 Å². The van der Waals surface area contributed by atoms with E-state index < -0.39 is 84.3 Å². The van der Waals surface area contributed by atoms with Gasteiger partial charge in [-0.3, -0.25) is 28.8 Å². The van der Waals surface area contributed by atoms with Crippen molar-refractivity contribution in [2.45, 2.75) is 137 Å². The highest BCUT2D eigenvalue weighted by atomic mass is 16.5. The Morgan fingerprint density at radius 3 is 2.04 bits per heavy atom. The molecular weight excluding hydrogens is 620 g/mol. The highest BCUT2D eigenvalue weighted by molar-refractivity contribution is 5.96. The van der Waals surface area contributed by atoms with Crippen molar-refractivity contribution in [3.8, 4) is 0 Å². The Morgan fingerprint density at radius 1 is 0.917 bits per heavy atom. The molecule has 1 rings (SSSR count). The van der Waals surface area contributed by atoms with Crippen LogP contribution in [-0.2, 0) is 33.5 Å². The van der Waals surface area contributed by atoms with E-state index in [4.69, 9.17) is 10.5 Å². The summed E-state index contributed by atoms with van der Waals surface area (Å²) >= 11 is 0. The molecule has 14 heteroatoms.